The number of nitrogens with one attached hydrogen (secondary N) is 2. The molecule has 6 rings (SSSR count). The van der Waals surface area contributed by atoms with E-state index in [0.29, 0.717) is 0 Å². The molecule has 1 aliphatic rings. The van der Waals surface area contributed by atoms with Crippen LogP contribution in [0.2, 0.25) is 0 Å². The maximum absolute atomic E-state index is 4.81. The summed E-state index contributed by atoms with van der Waals surface area (Å²) in [5.41, 5.74) is 8.58. The van der Waals surface area contributed by atoms with E-state index in [9.17, 15) is 0 Å². The Balaban J connectivity index is 0.00000130. The van der Waals surface area contributed by atoms with Crippen LogP contribution in [0.15, 0.2) is 73.3 Å². The van der Waals surface area contributed by atoms with Crippen LogP contribution in [0, 0.1) is 0 Å². The van der Waals surface area contributed by atoms with Crippen LogP contribution in [0.1, 0.15) is 19.4 Å². The number of aromatic nitrogens is 4. The van der Waals surface area contributed by atoms with Gasteiger partial charge in [-0.1, -0.05) is 38.1 Å². The molecule has 3 aromatic heterocycles. The molecule has 7 nitrogen and oxygen atoms in total. The van der Waals surface area contributed by atoms with E-state index in [4.69, 9.17) is 4.98 Å². The van der Waals surface area contributed by atoms with Crippen LogP contribution >= 0.6 is 0 Å². The number of nitrogens with zero attached hydrogens (tertiary/aromatic N) is 5. The third kappa shape index (κ3) is 4.67. The second-order valence-corrected chi connectivity index (χ2v) is 8.69. The van der Waals surface area contributed by atoms with Crippen molar-refractivity contribution in [2.75, 3.05) is 38.1 Å². The van der Waals surface area contributed by atoms with Crippen LogP contribution in [0.25, 0.3) is 38.8 Å². The van der Waals surface area contributed by atoms with Crippen molar-refractivity contribution >= 4 is 22.2 Å². The molecule has 0 amide bonds. The largest absolute Gasteiger partial charge is 0.369 e. The van der Waals surface area contributed by atoms with Gasteiger partial charge in [0.2, 0.25) is 0 Å². The van der Waals surface area contributed by atoms with E-state index in [1.807, 2.05) is 50.1 Å². The highest BCUT2D eigenvalue weighted by atomic mass is 15.2. The standard InChI is InChI=1S/C27H27N7.C2H6/c1-28-15-19-2-7-24-23(8-9-30-26(24)14-19)25-17-32-34-18-21(16-31-27(25)34)20-3-5-22(6-4-20)33-12-10-29-11-13-33;1-2/h2-9,14,16-18,28-29H,10-13,15H2,1H3;1-2H3. The summed E-state index contributed by atoms with van der Waals surface area (Å²) in [6.45, 7) is 8.98. The van der Waals surface area contributed by atoms with Gasteiger partial charge in [-0.05, 0) is 48.0 Å². The van der Waals surface area contributed by atoms with E-state index in [2.05, 4.69) is 74.3 Å². The van der Waals surface area contributed by atoms with Crippen molar-refractivity contribution in [1.82, 2.24) is 30.2 Å². The fraction of sp³-hybridized carbons (Fsp3) is 0.276. The highest BCUT2D eigenvalue weighted by molar-refractivity contribution is 5.97. The van der Waals surface area contributed by atoms with E-state index in [-0.39, 0.29) is 0 Å². The summed E-state index contributed by atoms with van der Waals surface area (Å²) in [7, 11) is 1.95. The van der Waals surface area contributed by atoms with E-state index in [0.717, 1.165) is 71.5 Å². The first kappa shape index (κ1) is 23.9. The van der Waals surface area contributed by atoms with Crippen molar-refractivity contribution in [3.05, 3.63) is 78.9 Å². The van der Waals surface area contributed by atoms with Crippen molar-refractivity contribution in [1.29, 1.82) is 0 Å². The zero-order valence-corrected chi connectivity index (χ0v) is 21.2. The topological polar surface area (TPSA) is 70.4 Å². The SMILES string of the molecule is CC.CNCc1ccc2c(-c3cnn4cc(-c5ccc(N6CCNCC6)cc5)cnc34)ccnc2c1. The Kier molecular flexibility index (Phi) is 7.21. The van der Waals surface area contributed by atoms with Crippen LogP contribution in [0.5, 0.6) is 0 Å². The zero-order chi connectivity index (χ0) is 24.9. The van der Waals surface area contributed by atoms with E-state index >= 15 is 0 Å². The summed E-state index contributed by atoms with van der Waals surface area (Å²) in [5, 5.41) is 12.3. The molecule has 0 saturated carbocycles. The van der Waals surface area contributed by atoms with Crippen LogP contribution in [-0.2, 0) is 6.54 Å². The quantitative estimate of drug-likeness (QED) is 0.379. The minimum absolute atomic E-state index is 0.819. The Morgan fingerprint density at radius 3 is 2.47 bits per heavy atom. The Bertz CT molecular complexity index is 1450. The second kappa shape index (κ2) is 10.8. The number of benzene rings is 2. The molecule has 1 saturated heterocycles. The first-order valence-corrected chi connectivity index (χ1v) is 12.7. The molecule has 1 fully saturated rings. The lowest BCUT2D eigenvalue weighted by molar-refractivity contribution is 0.589. The molecule has 0 bridgehead atoms. The second-order valence-electron chi connectivity index (χ2n) is 8.69. The third-order valence-electron chi connectivity index (χ3n) is 6.52. The summed E-state index contributed by atoms with van der Waals surface area (Å²) in [5.74, 6) is 0. The van der Waals surface area contributed by atoms with Gasteiger partial charge in [0.15, 0.2) is 5.65 Å². The van der Waals surface area contributed by atoms with Gasteiger partial charge >= 0.3 is 0 Å². The normalized spacial score (nSPS) is 13.6. The lowest BCUT2D eigenvalue weighted by Gasteiger charge is -2.29. The molecule has 2 N–H and O–H groups in total. The van der Waals surface area contributed by atoms with Gasteiger partial charge in [0, 0.05) is 73.5 Å². The van der Waals surface area contributed by atoms with Gasteiger partial charge in [0.05, 0.1) is 11.7 Å². The smallest absolute Gasteiger partial charge is 0.162 e. The zero-order valence-electron chi connectivity index (χ0n) is 21.2. The van der Waals surface area contributed by atoms with E-state index in [1.165, 1.54) is 11.3 Å². The summed E-state index contributed by atoms with van der Waals surface area (Å²) in [6.07, 6.45) is 7.75. The van der Waals surface area contributed by atoms with Gasteiger partial charge in [0.25, 0.3) is 0 Å². The van der Waals surface area contributed by atoms with Crippen molar-refractivity contribution in [2.24, 2.45) is 0 Å². The highest BCUT2D eigenvalue weighted by Crippen LogP contribution is 2.31. The number of rotatable bonds is 5. The van der Waals surface area contributed by atoms with Gasteiger partial charge in [0.1, 0.15) is 0 Å². The molecule has 7 heteroatoms. The molecule has 0 spiro atoms. The molecule has 0 radical (unpaired) electrons. The van der Waals surface area contributed by atoms with Crippen molar-refractivity contribution in [3.63, 3.8) is 0 Å². The van der Waals surface area contributed by atoms with Crippen LogP contribution < -0.4 is 15.5 Å². The summed E-state index contributed by atoms with van der Waals surface area (Å²) >= 11 is 0. The number of pyridine rings is 1. The summed E-state index contributed by atoms with van der Waals surface area (Å²) < 4.78 is 1.87. The highest BCUT2D eigenvalue weighted by Gasteiger charge is 2.14. The van der Waals surface area contributed by atoms with Crippen molar-refractivity contribution in [2.45, 2.75) is 20.4 Å². The lowest BCUT2D eigenvalue weighted by atomic mass is 10.0. The summed E-state index contributed by atoms with van der Waals surface area (Å²) in [4.78, 5) is 11.8. The van der Waals surface area contributed by atoms with Gasteiger partial charge in [-0.15, -0.1) is 0 Å². The average Bonchev–Trinajstić information content (AvgIpc) is 3.38. The molecule has 5 aromatic rings. The molecule has 184 valence electrons. The van der Waals surface area contributed by atoms with Crippen molar-refractivity contribution < 1.29 is 0 Å². The fourth-order valence-corrected chi connectivity index (χ4v) is 4.74. The van der Waals surface area contributed by atoms with Crippen LogP contribution in [-0.4, -0.2) is 52.8 Å². The number of anilines is 1. The van der Waals surface area contributed by atoms with Gasteiger partial charge in [-0.3, -0.25) is 4.98 Å². The van der Waals surface area contributed by atoms with Gasteiger partial charge < -0.3 is 15.5 Å². The molecular formula is C29H33N7. The van der Waals surface area contributed by atoms with Gasteiger partial charge in [-0.25, -0.2) is 9.50 Å². The molecule has 2 aromatic carbocycles. The fourth-order valence-electron chi connectivity index (χ4n) is 4.74. The maximum Gasteiger partial charge on any atom is 0.162 e. The number of hydrogen-bond donors (Lipinski definition) is 2. The van der Waals surface area contributed by atoms with E-state index < -0.39 is 0 Å². The Morgan fingerprint density at radius 1 is 0.889 bits per heavy atom. The molecule has 0 atom stereocenters. The predicted molar refractivity (Wildman–Crippen MR) is 148 cm³/mol. The number of hydrogen-bond acceptors (Lipinski definition) is 6. The molecule has 1 aliphatic heterocycles. The molecular weight excluding hydrogens is 446 g/mol. The minimum Gasteiger partial charge on any atom is -0.369 e. The first-order valence-electron chi connectivity index (χ1n) is 12.7. The monoisotopic (exact) mass is 479 g/mol. The predicted octanol–water partition coefficient (Wildman–Crippen LogP) is 4.77. The van der Waals surface area contributed by atoms with Crippen LogP contribution in [0.3, 0.4) is 0 Å². The van der Waals surface area contributed by atoms with Crippen molar-refractivity contribution in [3.8, 4) is 22.3 Å². The third-order valence-corrected chi connectivity index (χ3v) is 6.52. The first-order chi connectivity index (χ1) is 17.8. The molecule has 4 heterocycles. The molecule has 36 heavy (non-hydrogen) atoms. The maximum atomic E-state index is 4.81. The number of piperazine rings is 1. The summed E-state index contributed by atoms with van der Waals surface area (Å²) in [6, 6.07) is 17.2. The Hall–Kier alpha value is -3.81. The Labute approximate surface area is 212 Å². The van der Waals surface area contributed by atoms with Gasteiger partial charge in [-0.2, -0.15) is 5.10 Å². The molecule has 0 unspecified atom stereocenters. The lowest BCUT2D eigenvalue weighted by Crippen LogP contribution is -2.43. The number of fused-ring (bicyclic) bond motifs is 2. The van der Waals surface area contributed by atoms with E-state index in [1.54, 1.807) is 0 Å². The average molecular weight is 480 g/mol. The minimum atomic E-state index is 0.819. The Morgan fingerprint density at radius 2 is 1.69 bits per heavy atom. The molecule has 0 aliphatic carbocycles. The van der Waals surface area contributed by atoms with Crippen LogP contribution in [0.4, 0.5) is 5.69 Å².